The number of hydrogen-bond donors (Lipinski definition) is 4. The van der Waals surface area contributed by atoms with Crippen LogP contribution < -0.4 is 51.3 Å². The number of fused-ring (bicyclic) bond motifs is 6. The van der Waals surface area contributed by atoms with E-state index in [0.717, 1.165) is 9.75 Å². The van der Waals surface area contributed by atoms with Gasteiger partial charge in [0.25, 0.3) is 22.9 Å². The molecule has 0 bridgehead atoms. The Balaban J connectivity index is 0.000000143. The number of ether oxygens (including phenoxy) is 4. The minimum absolute atomic E-state index is 0.125. The molecule has 4 aliphatic heterocycles. The molecule has 74 heavy (non-hydrogen) atoms. The van der Waals surface area contributed by atoms with Crippen LogP contribution in [-0.2, 0) is 9.59 Å². The van der Waals surface area contributed by atoms with E-state index < -0.39 is 22.9 Å². The SMILES string of the molecule is O=C1Nc2ccccc2NC(c2ccc3c(c2)OCO3)=C1n1c(=O)c(-c2cccs2)nc2ccccc21.O=C1Nc2ccccc2NC(c2ccc3c(c2)OCO3)=C1n1c(=O)c(-c2cccs2)nc2ccccc21. The summed E-state index contributed by atoms with van der Waals surface area (Å²) in [5.74, 6) is 1.51. The van der Waals surface area contributed by atoms with Crippen LogP contribution in [-0.4, -0.2) is 44.5 Å². The number of carbonyl (C=O) groups is 2. The summed E-state index contributed by atoms with van der Waals surface area (Å²) in [5.41, 5.74) is 7.14. The normalized spacial score (nSPS) is 14.2. The van der Waals surface area contributed by atoms with Crippen molar-refractivity contribution in [3.05, 3.63) is 200 Å². The summed E-state index contributed by atoms with van der Waals surface area (Å²) in [6.07, 6.45) is 0. The molecule has 4 N–H and O–H groups in total. The van der Waals surface area contributed by atoms with Crippen LogP contribution in [0, 0.1) is 0 Å². The van der Waals surface area contributed by atoms with E-state index in [2.05, 4.69) is 31.2 Å². The van der Waals surface area contributed by atoms with Crippen molar-refractivity contribution in [3.8, 4) is 44.1 Å². The Morgan fingerprint density at radius 3 is 1.23 bits per heavy atom. The lowest BCUT2D eigenvalue weighted by Gasteiger charge is -2.18. The minimum Gasteiger partial charge on any atom is -0.454 e. The standard InChI is InChI=1S/2C28H18N4O4S/c2*33-27-26(32-20-9-4-3-8-19(20)30-25(28(32)34)23-10-5-13-37-23)24(29-17-6-1-2-7-18(17)31-27)16-11-12-21-22(14-16)36-15-35-21/h2*1-14,29H,15H2,(H,31,33). The van der Waals surface area contributed by atoms with Crippen LogP contribution in [0.15, 0.2) is 178 Å². The van der Waals surface area contributed by atoms with Gasteiger partial charge < -0.3 is 40.2 Å². The van der Waals surface area contributed by atoms with Crippen molar-refractivity contribution in [3.63, 3.8) is 0 Å². The Morgan fingerprint density at radius 1 is 0.419 bits per heavy atom. The van der Waals surface area contributed by atoms with Gasteiger partial charge in [-0.25, -0.2) is 9.97 Å². The summed E-state index contributed by atoms with van der Waals surface area (Å²) in [5, 5.41) is 16.6. The number of nitrogens with zero attached hydrogens (tertiary/aromatic N) is 4. The lowest BCUT2D eigenvalue weighted by atomic mass is 10.1. The Kier molecular flexibility index (Phi) is 10.8. The van der Waals surface area contributed by atoms with E-state index in [1.54, 1.807) is 36.4 Å². The van der Waals surface area contributed by atoms with Crippen LogP contribution in [0.4, 0.5) is 22.7 Å². The van der Waals surface area contributed by atoms with Crippen LogP contribution in [0.1, 0.15) is 11.1 Å². The number of rotatable bonds is 6. The van der Waals surface area contributed by atoms with Gasteiger partial charge in [-0.05, 0) is 108 Å². The first-order valence-corrected chi connectivity index (χ1v) is 24.9. The van der Waals surface area contributed by atoms with E-state index in [1.165, 1.54) is 31.8 Å². The van der Waals surface area contributed by atoms with Crippen molar-refractivity contribution < 1.29 is 28.5 Å². The molecule has 360 valence electrons. The second kappa shape index (κ2) is 18.1. The summed E-state index contributed by atoms with van der Waals surface area (Å²) >= 11 is 2.84. The molecule has 4 aliphatic rings. The van der Waals surface area contributed by atoms with E-state index in [-0.39, 0.29) is 36.4 Å². The first-order valence-electron chi connectivity index (χ1n) is 23.1. The molecule has 0 fully saturated rings. The molecule has 0 aliphatic carbocycles. The maximum Gasteiger partial charge on any atom is 0.283 e. The number of hydrogen-bond acceptors (Lipinski definition) is 14. The zero-order valence-electron chi connectivity index (χ0n) is 38.5. The van der Waals surface area contributed by atoms with Crippen molar-refractivity contribution in [2.24, 2.45) is 0 Å². The Labute approximate surface area is 427 Å². The van der Waals surface area contributed by atoms with Crippen molar-refractivity contribution in [1.82, 2.24) is 19.1 Å². The fourth-order valence-electron chi connectivity index (χ4n) is 9.18. The summed E-state index contributed by atoms with van der Waals surface area (Å²) in [6.45, 7) is 0.250. The van der Waals surface area contributed by atoms with Gasteiger partial charge in [0, 0.05) is 11.1 Å². The number of thiophene rings is 2. The van der Waals surface area contributed by atoms with Crippen LogP contribution in [0.2, 0.25) is 0 Å². The summed E-state index contributed by atoms with van der Waals surface area (Å²) in [6, 6.07) is 47.7. The molecule has 18 heteroatoms. The third-order valence-corrected chi connectivity index (χ3v) is 14.3. The lowest BCUT2D eigenvalue weighted by molar-refractivity contribution is -0.112. The van der Waals surface area contributed by atoms with Gasteiger partial charge in [0.15, 0.2) is 23.0 Å². The van der Waals surface area contributed by atoms with Crippen LogP contribution in [0.5, 0.6) is 23.0 Å². The molecule has 0 atom stereocenters. The molecule has 0 saturated heterocycles. The first kappa shape index (κ1) is 44.2. The average Bonchev–Trinajstić information content (AvgIpc) is 4.29. The van der Waals surface area contributed by atoms with Crippen molar-refractivity contribution in [1.29, 1.82) is 0 Å². The number of benzene rings is 6. The van der Waals surface area contributed by atoms with E-state index in [9.17, 15) is 19.2 Å². The molecule has 0 saturated carbocycles. The molecule has 0 radical (unpaired) electrons. The van der Waals surface area contributed by atoms with Crippen LogP contribution in [0.3, 0.4) is 0 Å². The minimum atomic E-state index is -0.430. The Hall–Kier alpha value is -9.78. The molecule has 0 unspecified atom stereocenters. The molecular weight excluding hydrogens is 977 g/mol. The molecule has 4 aromatic heterocycles. The fourth-order valence-corrected chi connectivity index (χ4v) is 10.6. The van der Waals surface area contributed by atoms with Gasteiger partial charge in [-0.1, -0.05) is 60.7 Å². The van der Waals surface area contributed by atoms with Crippen molar-refractivity contribution >= 4 is 102 Å². The fraction of sp³-hybridized carbons (Fsp3) is 0.0357. The van der Waals surface area contributed by atoms with Gasteiger partial charge in [-0.3, -0.25) is 28.3 Å². The van der Waals surface area contributed by atoms with E-state index in [0.29, 0.717) is 90.3 Å². The summed E-state index contributed by atoms with van der Waals surface area (Å²) in [4.78, 5) is 66.9. The molecule has 0 spiro atoms. The van der Waals surface area contributed by atoms with Gasteiger partial charge in [0.05, 0.1) is 66.0 Å². The Morgan fingerprint density at radius 2 is 0.811 bits per heavy atom. The largest absolute Gasteiger partial charge is 0.454 e. The van der Waals surface area contributed by atoms with E-state index in [4.69, 9.17) is 18.9 Å². The summed E-state index contributed by atoms with van der Waals surface area (Å²) < 4.78 is 25.1. The molecular formula is C56H36N8O8S2. The number of para-hydroxylation sites is 8. The van der Waals surface area contributed by atoms with Gasteiger partial charge in [0.2, 0.25) is 13.6 Å². The maximum absolute atomic E-state index is 14.1. The highest BCUT2D eigenvalue weighted by molar-refractivity contribution is 7.13. The lowest BCUT2D eigenvalue weighted by Crippen LogP contribution is -2.29. The predicted octanol–water partition coefficient (Wildman–Crippen LogP) is 10.5. The highest BCUT2D eigenvalue weighted by Crippen LogP contribution is 2.41. The zero-order valence-corrected chi connectivity index (χ0v) is 40.1. The number of amides is 2. The highest BCUT2D eigenvalue weighted by atomic mass is 32.1. The first-order chi connectivity index (χ1) is 36.3. The molecule has 14 rings (SSSR count). The topological polar surface area (TPSA) is 189 Å². The number of carbonyl (C=O) groups excluding carboxylic acids is 2. The number of anilines is 4. The van der Waals surface area contributed by atoms with Crippen molar-refractivity contribution in [2.75, 3.05) is 34.9 Å². The predicted molar refractivity (Wildman–Crippen MR) is 287 cm³/mol. The maximum atomic E-state index is 14.1. The smallest absolute Gasteiger partial charge is 0.283 e. The summed E-state index contributed by atoms with van der Waals surface area (Å²) in [7, 11) is 0. The van der Waals surface area contributed by atoms with Crippen LogP contribution >= 0.6 is 22.7 Å². The second-order valence-corrected chi connectivity index (χ2v) is 18.9. The van der Waals surface area contributed by atoms with Gasteiger partial charge in [0.1, 0.15) is 22.8 Å². The second-order valence-electron chi connectivity index (χ2n) is 17.0. The van der Waals surface area contributed by atoms with Crippen LogP contribution in [0.25, 0.3) is 66.0 Å². The van der Waals surface area contributed by atoms with Gasteiger partial charge >= 0.3 is 0 Å². The third-order valence-electron chi connectivity index (χ3n) is 12.6. The highest BCUT2D eigenvalue weighted by Gasteiger charge is 2.31. The molecule has 8 heterocycles. The van der Waals surface area contributed by atoms with E-state index >= 15 is 0 Å². The molecule has 10 aromatic rings. The van der Waals surface area contributed by atoms with Gasteiger partial charge in [-0.2, -0.15) is 0 Å². The number of aromatic nitrogens is 4. The molecule has 16 nitrogen and oxygen atoms in total. The molecule has 2 amide bonds. The third kappa shape index (κ3) is 7.68. The quantitative estimate of drug-likeness (QED) is 0.124. The van der Waals surface area contributed by atoms with E-state index in [1.807, 2.05) is 132 Å². The number of nitrogens with one attached hydrogen (secondary N) is 4. The van der Waals surface area contributed by atoms with Crippen molar-refractivity contribution in [2.45, 2.75) is 0 Å². The average molecular weight is 1010 g/mol. The Bertz CT molecular complexity index is 3880. The zero-order chi connectivity index (χ0) is 49.9. The monoisotopic (exact) mass is 1010 g/mol. The van der Waals surface area contributed by atoms with Gasteiger partial charge in [-0.15, -0.1) is 22.7 Å². The molecule has 6 aromatic carbocycles.